The van der Waals surface area contributed by atoms with Gasteiger partial charge in [0.05, 0.1) is 0 Å². The fourth-order valence-corrected chi connectivity index (χ4v) is 7.22. The molecule has 1 saturated heterocycles. The second kappa shape index (κ2) is 13.4. The molecule has 9 heteroatoms. The van der Waals surface area contributed by atoms with Crippen molar-refractivity contribution in [3.63, 3.8) is 0 Å². The molecule has 2 unspecified atom stereocenters. The fraction of sp³-hybridized carbons (Fsp3) is 0.306. The van der Waals surface area contributed by atoms with E-state index in [2.05, 4.69) is 80.5 Å². The first-order valence-electron chi connectivity index (χ1n) is 15.4. The summed E-state index contributed by atoms with van der Waals surface area (Å²) in [6, 6.07) is 20.8. The highest BCUT2D eigenvalue weighted by molar-refractivity contribution is 8.14. The van der Waals surface area contributed by atoms with E-state index in [-0.39, 0.29) is 5.56 Å². The third kappa shape index (κ3) is 6.91. The SMILES string of the molecule is C=S(c1ccncc1)c1ccc(C)c(-c2cc3cnc(Nc4ccc(C5CCCN(C)C5)cc4)nc3n(CCN(C)C)c2=O)c1. The standard InChI is InChI=1S/C36H41N7OS/c1-25-8-13-31(45(5)30-14-16-37-17-15-30)22-32(25)33-21-28-23-38-36(40-34(28)43(35(33)44)20-19-41(2)3)39-29-11-9-26(10-12-29)27-7-6-18-42(4)24-27/h8-17,21-23,27H,5-7,18-20,24H2,1-4H3,(H,38,39,40). The molecule has 2 aromatic carbocycles. The van der Waals surface area contributed by atoms with Crippen LogP contribution in [0.4, 0.5) is 11.6 Å². The van der Waals surface area contributed by atoms with Gasteiger partial charge < -0.3 is 15.1 Å². The highest BCUT2D eigenvalue weighted by Crippen LogP contribution is 2.37. The number of benzene rings is 2. The lowest BCUT2D eigenvalue weighted by molar-refractivity contribution is 0.251. The molecular weight excluding hydrogens is 579 g/mol. The minimum atomic E-state index is -0.406. The minimum absolute atomic E-state index is 0.0658. The number of pyridine rings is 2. The van der Waals surface area contributed by atoms with Gasteiger partial charge >= 0.3 is 0 Å². The smallest absolute Gasteiger partial charge is 0.260 e. The number of fused-ring (bicyclic) bond motifs is 1. The molecule has 6 rings (SSSR count). The molecule has 0 spiro atoms. The second-order valence-electron chi connectivity index (χ2n) is 12.2. The lowest BCUT2D eigenvalue weighted by atomic mass is 9.91. The maximum absolute atomic E-state index is 14.2. The number of nitrogens with zero attached hydrogens (tertiary/aromatic N) is 6. The van der Waals surface area contributed by atoms with E-state index in [0.29, 0.717) is 36.2 Å². The van der Waals surface area contributed by atoms with Gasteiger partial charge in [0, 0.05) is 64.7 Å². The summed E-state index contributed by atoms with van der Waals surface area (Å²) >= 11 is 0. The Labute approximate surface area is 267 Å². The predicted octanol–water partition coefficient (Wildman–Crippen LogP) is 6.40. The number of nitrogens with one attached hydrogen (secondary N) is 1. The van der Waals surface area contributed by atoms with Gasteiger partial charge in [-0.25, -0.2) is 4.98 Å². The number of aromatic nitrogens is 4. The van der Waals surface area contributed by atoms with E-state index in [1.807, 2.05) is 45.4 Å². The number of hydrogen-bond donors (Lipinski definition) is 1. The Balaban J connectivity index is 1.35. The fourth-order valence-electron chi connectivity index (χ4n) is 6.01. The Morgan fingerprint density at radius 3 is 2.53 bits per heavy atom. The van der Waals surface area contributed by atoms with Crippen molar-refractivity contribution in [1.29, 1.82) is 0 Å². The van der Waals surface area contributed by atoms with E-state index in [0.717, 1.165) is 38.5 Å². The van der Waals surface area contributed by atoms with Gasteiger partial charge in [0.2, 0.25) is 5.95 Å². The maximum atomic E-state index is 14.2. The minimum Gasteiger partial charge on any atom is -0.324 e. The molecule has 0 amide bonds. The topological polar surface area (TPSA) is 79.2 Å². The Kier molecular flexibility index (Phi) is 9.21. The summed E-state index contributed by atoms with van der Waals surface area (Å²) in [6.45, 7) is 5.52. The molecule has 1 aliphatic rings. The molecule has 45 heavy (non-hydrogen) atoms. The summed E-state index contributed by atoms with van der Waals surface area (Å²) in [5.74, 6) is 5.47. The van der Waals surface area contributed by atoms with Crippen LogP contribution in [0.15, 0.2) is 93.8 Å². The molecular formula is C36H41N7OS. The van der Waals surface area contributed by atoms with Crippen LogP contribution in [0.3, 0.4) is 0 Å². The van der Waals surface area contributed by atoms with Crippen molar-refractivity contribution in [3.8, 4) is 11.1 Å². The molecule has 3 aromatic heterocycles. The monoisotopic (exact) mass is 619 g/mol. The van der Waals surface area contributed by atoms with Crippen LogP contribution in [0.2, 0.25) is 0 Å². The molecule has 8 nitrogen and oxygen atoms in total. The molecule has 0 saturated carbocycles. The molecule has 1 N–H and O–H groups in total. The van der Waals surface area contributed by atoms with Crippen LogP contribution in [0, 0.1) is 6.92 Å². The molecule has 2 atom stereocenters. The van der Waals surface area contributed by atoms with Crippen molar-refractivity contribution in [2.75, 3.05) is 46.1 Å². The van der Waals surface area contributed by atoms with Gasteiger partial charge in [-0.2, -0.15) is 4.98 Å². The molecule has 232 valence electrons. The second-order valence-corrected chi connectivity index (χ2v) is 13.9. The largest absolute Gasteiger partial charge is 0.324 e. The molecule has 1 fully saturated rings. The zero-order chi connectivity index (χ0) is 31.5. The molecule has 0 bridgehead atoms. The highest BCUT2D eigenvalue weighted by Gasteiger charge is 2.19. The number of likely N-dealkylation sites (N-methyl/N-ethyl adjacent to an activating group) is 2. The van der Waals surface area contributed by atoms with E-state index < -0.39 is 10.5 Å². The number of rotatable bonds is 9. The van der Waals surface area contributed by atoms with E-state index >= 15 is 0 Å². The molecule has 1 aliphatic heterocycles. The van der Waals surface area contributed by atoms with Crippen LogP contribution in [0.5, 0.6) is 0 Å². The Morgan fingerprint density at radius 2 is 1.80 bits per heavy atom. The van der Waals surface area contributed by atoms with Gasteiger partial charge in [-0.15, -0.1) is 10.5 Å². The lowest BCUT2D eigenvalue weighted by Gasteiger charge is -2.30. The molecule has 4 heterocycles. The van der Waals surface area contributed by atoms with E-state index in [1.54, 1.807) is 17.0 Å². The first-order chi connectivity index (χ1) is 21.8. The zero-order valence-electron chi connectivity index (χ0n) is 26.5. The van der Waals surface area contributed by atoms with Crippen LogP contribution in [-0.2, 0) is 6.54 Å². The van der Waals surface area contributed by atoms with Gasteiger partial charge in [-0.05, 0) is 113 Å². The maximum Gasteiger partial charge on any atom is 0.260 e. The van der Waals surface area contributed by atoms with Gasteiger partial charge in [-0.3, -0.25) is 14.3 Å². The Hall–Kier alpha value is -4.18. The van der Waals surface area contributed by atoms with E-state index in [1.165, 1.54) is 24.9 Å². The molecule has 0 radical (unpaired) electrons. The summed E-state index contributed by atoms with van der Waals surface area (Å²) in [4.78, 5) is 34.6. The van der Waals surface area contributed by atoms with E-state index in [9.17, 15) is 4.79 Å². The summed E-state index contributed by atoms with van der Waals surface area (Å²) in [6.07, 6.45) is 7.85. The van der Waals surface area contributed by atoms with Crippen molar-refractivity contribution < 1.29 is 0 Å². The van der Waals surface area contributed by atoms with Crippen LogP contribution in [0.25, 0.3) is 22.2 Å². The number of likely N-dealkylation sites (tertiary alicyclic amines) is 1. The first-order valence-corrected chi connectivity index (χ1v) is 16.8. The normalized spacial score (nSPS) is 16.2. The van der Waals surface area contributed by atoms with Crippen molar-refractivity contribution in [2.45, 2.75) is 42.0 Å². The van der Waals surface area contributed by atoms with Crippen LogP contribution < -0.4 is 10.9 Å². The molecule has 5 aromatic rings. The van der Waals surface area contributed by atoms with Gasteiger partial charge in [0.15, 0.2) is 0 Å². The van der Waals surface area contributed by atoms with Crippen LogP contribution in [-0.4, -0.2) is 76.0 Å². The first kappa shape index (κ1) is 30.8. The van der Waals surface area contributed by atoms with Gasteiger partial charge in [-0.1, -0.05) is 24.1 Å². The predicted molar refractivity (Wildman–Crippen MR) is 187 cm³/mol. The number of piperidine rings is 1. The van der Waals surface area contributed by atoms with Crippen molar-refractivity contribution in [3.05, 3.63) is 101 Å². The summed E-state index contributed by atoms with van der Waals surface area (Å²) in [5.41, 5.74) is 5.41. The zero-order valence-corrected chi connectivity index (χ0v) is 27.3. The van der Waals surface area contributed by atoms with Crippen LogP contribution in [0.1, 0.15) is 29.9 Å². The Bertz CT molecular complexity index is 1890. The lowest BCUT2D eigenvalue weighted by Crippen LogP contribution is -2.30. The van der Waals surface area contributed by atoms with Crippen molar-refractivity contribution >= 4 is 39.0 Å². The summed E-state index contributed by atoms with van der Waals surface area (Å²) < 4.78 is 1.79. The molecule has 0 aliphatic carbocycles. The quantitative estimate of drug-likeness (QED) is 0.192. The summed E-state index contributed by atoms with van der Waals surface area (Å²) in [7, 11) is 5.81. The number of hydrogen-bond acceptors (Lipinski definition) is 7. The van der Waals surface area contributed by atoms with Crippen molar-refractivity contribution in [2.24, 2.45) is 0 Å². The number of anilines is 2. The van der Waals surface area contributed by atoms with Gasteiger partial charge in [0.1, 0.15) is 5.65 Å². The van der Waals surface area contributed by atoms with E-state index in [4.69, 9.17) is 4.98 Å². The van der Waals surface area contributed by atoms with Crippen molar-refractivity contribution in [1.82, 2.24) is 29.3 Å². The highest BCUT2D eigenvalue weighted by atomic mass is 32.2. The number of aryl methyl sites for hydroxylation is 1. The third-order valence-corrected chi connectivity index (χ3v) is 10.2. The summed E-state index contributed by atoms with van der Waals surface area (Å²) in [5, 5.41) is 4.19. The average Bonchev–Trinajstić information content (AvgIpc) is 3.05. The third-order valence-electron chi connectivity index (χ3n) is 8.58. The van der Waals surface area contributed by atoms with Crippen LogP contribution >= 0.6 is 10.5 Å². The van der Waals surface area contributed by atoms with Gasteiger partial charge in [0.25, 0.3) is 5.56 Å². The Morgan fingerprint density at radius 1 is 1.02 bits per heavy atom. The average molecular weight is 620 g/mol.